The van der Waals surface area contributed by atoms with Crippen LogP contribution in [0.15, 0.2) is 66.0 Å². The summed E-state index contributed by atoms with van der Waals surface area (Å²) in [5, 5.41) is -0.584. The zero-order valence-corrected chi connectivity index (χ0v) is 21.5. The number of rotatable bonds is 4. The molecule has 0 saturated heterocycles. The van der Waals surface area contributed by atoms with E-state index in [9.17, 15) is 30.8 Å². The first-order valence-electron chi connectivity index (χ1n) is 11.3. The van der Waals surface area contributed by atoms with Gasteiger partial charge in [0.2, 0.25) is 0 Å². The SMILES string of the molecule is Cc1c(S(=O)(=O)Nc2ccc(-c3ccncc3)cc2C(F)(F)F)n(C(=O)OC(C)(C)C)c2ccc(F)cc12. The number of ether oxygens (including phenoxy) is 1. The van der Waals surface area contributed by atoms with Crippen molar-refractivity contribution < 1.29 is 35.5 Å². The summed E-state index contributed by atoms with van der Waals surface area (Å²) in [5.41, 5.74) is -2.40. The van der Waals surface area contributed by atoms with Crippen LogP contribution in [0.3, 0.4) is 0 Å². The van der Waals surface area contributed by atoms with Crippen LogP contribution < -0.4 is 4.72 Å². The van der Waals surface area contributed by atoms with E-state index in [1.807, 2.05) is 4.72 Å². The highest BCUT2D eigenvalue weighted by Crippen LogP contribution is 2.39. The Morgan fingerprint density at radius 2 is 1.63 bits per heavy atom. The van der Waals surface area contributed by atoms with Crippen LogP contribution in [0.2, 0.25) is 0 Å². The van der Waals surface area contributed by atoms with Crippen LogP contribution in [0.1, 0.15) is 31.9 Å². The van der Waals surface area contributed by atoms with Gasteiger partial charge in [0, 0.05) is 17.8 Å². The molecule has 7 nitrogen and oxygen atoms in total. The maximum Gasteiger partial charge on any atom is 0.420 e. The van der Waals surface area contributed by atoms with Crippen LogP contribution in [-0.4, -0.2) is 29.7 Å². The summed E-state index contributed by atoms with van der Waals surface area (Å²) in [5.74, 6) is -0.690. The van der Waals surface area contributed by atoms with Crippen LogP contribution in [-0.2, 0) is 20.9 Å². The molecule has 12 heteroatoms. The lowest BCUT2D eigenvalue weighted by Gasteiger charge is -2.21. The summed E-state index contributed by atoms with van der Waals surface area (Å²) in [4.78, 5) is 16.9. The van der Waals surface area contributed by atoms with Crippen LogP contribution in [0.5, 0.6) is 0 Å². The molecule has 1 N–H and O–H groups in total. The average molecular weight is 550 g/mol. The number of pyridine rings is 1. The van der Waals surface area contributed by atoms with E-state index in [1.54, 1.807) is 20.8 Å². The fourth-order valence-corrected chi connectivity index (χ4v) is 5.48. The Morgan fingerprint density at radius 1 is 0.974 bits per heavy atom. The third kappa shape index (κ3) is 5.35. The molecule has 0 radical (unpaired) electrons. The van der Waals surface area contributed by atoms with Crippen molar-refractivity contribution in [2.24, 2.45) is 0 Å². The van der Waals surface area contributed by atoms with Crippen molar-refractivity contribution in [2.45, 2.75) is 44.5 Å². The third-order valence-corrected chi connectivity index (χ3v) is 7.03. The van der Waals surface area contributed by atoms with Gasteiger partial charge in [-0.05, 0) is 86.8 Å². The van der Waals surface area contributed by atoms with E-state index in [2.05, 4.69) is 4.98 Å². The van der Waals surface area contributed by atoms with E-state index in [1.165, 1.54) is 43.6 Å². The number of nitrogens with zero attached hydrogens (tertiary/aromatic N) is 2. The van der Waals surface area contributed by atoms with E-state index >= 15 is 0 Å². The minimum Gasteiger partial charge on any atom is -0.443 e. The number of sulfonamides is 1. The van der Waals surface area contributed by atoms with Gasteiger partial charge in [-0.2, -0.15) is 21.6 Å². The highest BCUT2D eigenvalue weighted by Gasteiger charge is 2.37. The number of carbonyl (C=O) groups is 1. The first kappa shape index (κ1) is 27.1. The summed E-state index contributed by atoms with van der Waals surface area (Å²) in [6.45, 7) is 6.02. The normalized spacial score (nSPS) is 12.5. The van der Waals surface area contributed by atoms with Crippen molar-refractivity contribution in [3.63, 3.8) is 0 Å². The van der Waals surface area contributed by atoms with Crippen LogP contribution in [0.4, 0.5) is 28.0 Å². The van der Waals surface area contributed by atoms with E-state index < -0.39 is 50.0 Å². The Kier molecular flexibility index (Phi) is 6.73. The first-order valence-corrected chi connectivity index (χ1v) is 12.8. The van der Waals surface area contributed by atoms with Gasteiger partial charge in [-0.3, -0.25) is 9.71 Å². The van der Waals surface area contributed by atoms with Gasteiger partial charge in [0.25, 0.3) is 10.0 Å². The molecule has 0 aliphatic rings. The second kappa shape index (κ2) is 9.43. The van der Waals surface area contributed by atoms with E-state index in [0.717, 1.165) is 28.8 Å². The van der Waals surface area contributed by atoms with Gasteiger partial charge < -0.3 is 4.74 Å². The maximum absolute atomic E-state index is 14.0. The number of hydrogen-bond donors (Lipinski definition) is 1. The smallest absolute Gasteiger partial charge is 0.420 e. The molecule has 2 aromatic carbocycles. The summed E-state index contributed by atoms with van der Waals surface area (Å²) in [6.07, 6.45) is -3.18. The summed E-state index contributed by atoms with van der Waals surface area (Å²) in [7, 11) is -4.83. The number of alkyl halides is 3. The standard InChI is InChI=1S/C26H23F4N3O4S/c1-15-19-14-18(27)6-8-22(19)33(24(34)37-25(2,3)4)23(15)38(35,36)32-21-7-5-17(13-20(21)26(28,29)30)16-9-11-31-12-10-16/h5-14,32H,1-4H3. The second-order valence-corrected chi connectivity index (χ2v) is 11.1. The molecule has 0 unspecified atom stereocenters. The molecule has 0 bridgehead atoms. The fraction of sp³-hybridized carbons (Fsp3) is 0.231. The number of anilines is 1. The van der Waals surface area contributed by atoms with Crippen molar-refractivity contribution in [1.29, 1.82) is 0 Å². The third-order valence-electron chi connectivity index (χ3n) is 5.54. The van der Waals surface area contributed by atoms with E-state index in [-0.39, 0.29) is 22.0 Å². The predicted molar refractivity (Wildman–Crippen MR) is 134 cm³/mol. The molecule has 0 saturated carbocycles. The topological polar surface area (TPSA) is 90.3 Å². The zero-order chi connectivity index (χ0) is 28.0. The van der Waals surface area contributed by atoms with Crippen molar-refractivity contribution in [3.8, 4) is 11.1 Å². The Bertz CT molecular complexity index is 1640. The maximum atomic E-state index is 14.0. The zero-order valence-electron chi connectivity index (χ0n) is 20.7. The van der Waals surface area contributed by atoms with Crippen molar-refractivity contribution in [1.82, 2.24) is 9.55 Å². The van der Waals surface area contributed by atoms with Crippen LogP contribution in [0, 0.1) is 12.7 Å². The van der Waals surface area contributed by atoms with Gasteiger partial charge in [0.05, 0.1) is 16.8 Å². The van der Waals surface area contributed by atoms with Gasteiger partial charge in [0.15, 0.2) is 5.03 Å². The lowest BCUT2D eigenvalue weighted by atomic mass is 10.0. The first-order chi connectivity index (χ1) is 17.6. The number of benzene rings is 2. The van der Waals surface area contributed by atoms with Gasteiger partial charge in [-0.1, -0.05) is 6.07 Å². The van der Waals surface area contributed by atoms with Crippen LogP contribution in [0.25, 0.3) is 22.0 Å². The molecule has 0 spiro atoms. The van der Waals surface area contributed by atoms with Gasteiger partial charge in [0.1, 0.15) is 11.4 Å². The molecule has 0 amide bonds. The number of fused-ring (bicyclic) bond motifs is 1. The average Bonchev–Trinajstić information content (AvgIpc) is 3.10. The molecular formula is C26H23F4N3O4S. The van der Waals surface area contributed by atoms with Gasteiger partial charge in [-0.15, -0.1) is 0 Å². The molecule has 200 valence electrons. The second-order valence-electron chi connectivity index (χ2n) is 9.51. The Labute approximate surface area is 216 Å². The number of hydrogen-bond acceptors (Lipinski definition) is 5. The van der Waals surface area contributed by atoms with E-state index in [0.29, 0.717) is 5.56 Å². The Morgan fingerprint density at radius 3 is 2.24 bits per heavy atom. The van der Waals surface area contributed by atoms with Crippen molar-refractivity contribution >= 4 is 32.7 Å². The van der Waals surface area contributed by atoms with Gasteiger partial charge in [-0.25, -0.2) is 13.8 Å². The number of aromatic nitrogens is 2. The molecule has 4 rings (SSSR count). The number of aryl methyl sites for hydroxylation is 1. The Balaban J connectivity index is 1.89. The van der Waals surface area contributed by atoms with Gasteiger partial charge >= 0.3 is 12.3 Å². The minimum absolute atomic E-state index is 0.0163. The molecule has 2 aromatic heterocycles. The summed E-state index contributed by atoms with van der Waals surface area (Å²) >= 11 is 0. The van der Waals surface area contributed by atoms with Crippen LogP contribution >= 0.6 is 0 Å². The number of nitrogens with one attached hydrogen (secondary N) is 1. The van der Waals surface area contributed by atoms with E-state index in [4.69, 9.17) is 4.74 Å². The summed E-state index contributed by atoms with van der Waals surface area (Å²) in [6, 6.07) is 9.44. The molecular weight excluding hydrogens is 526 g/mol. The summed E-state index contributed by atoms with van der Waals surface area (Å²) < 4.78 is 91.4. The molecule has 0 aliphatic heterocycles. The molecule has 0 fully saturated rings. The lowest BCUT2D eigenvalue weighted by Crippen LogP contribution is -2.30. The molecule has 4 aromatic rings. The predicted octanol–water partition coefficient (Wildman–Crippen LogP) is 6.75. The van der Waals surface area contributed by atoms with Crippen molar-refractivity contribution in [2.75, 3.05) is 4.72 Å². The fourth-order valence-electron chi connectivity index (χ4n) is 3.99. The molecule has 2 heterocycles. The molecule has 0 aliphatic carbocycles. The van der Waals surface area contributed by atoms with Crippen molar-refractivity contribution in [3.05, 3.63) is 77.9 Å². The quantitative estimate of drug-likeness (QED) is 0.284. The minimum atomic E-state index is -4.92. The molecule has 0 atom stereocenters. The Hall–Kier alpha value is -3.93. The lowest BCUT2D eigenvalue weighted by molar-refractivity contribution is -0.136. The highest BCUT2D eigenvalue weighted by atomic mass is 32.2. The number of carbonyl (C=O) groups excluding carboxylic acids is 1. The highest BCUT2D eigenvalue weighted by molar-refractivity contribution is 7.92. The largest absolute Gasteiger partial charge is 0.443 e. The molecule has 38 heavy (non-hydrogen) atoms. The monoisotopic (exact) mass is 549 g/mol. The number of halogens is 4.